The predicted molar refractivity (Wildman–Crippen MR) is 55.7 cm³/mol. The van der Waals surface area contributed by atoms with Gasteiger partial charge in [-0.15, -0.1) is 0 Å². The summed E-state index contributed by atoms with van der Waals surface area (Å²) in [6.07, 6.45) is 4.05. The number of nitrogens with one attached hydrogen (secondary N) is 1. The quantitative estimate of drug-likeness (QED) is 0.691. The van der Waals surface area contributed by atoms with Crippen molar-refractivity contribution in [2.75, 3.05) is 11.9 Å². The van der Waals surface area contributed by atoms with Crippen molar-refractivity contribution in [2.45, 2.75) is 13.5 Å². The van der Waals surface area contributed by atoms with E-state index in [0.29, 0.717) is 0 Å². The molecule has 0 fully saturated rings. The summed E-state index contributed by atoms with van der Waals surface area (Å²) >= 11 is 0. The van der Waals surface area contributed by atoms with E-state index in [-0.39, 0.29) is 6.61 Å². The lowest BCUT2D eigenvalue weighted by molar-refractivity contribution is 0.282. The van der Waals surface area contributed by atoms with Crippen molar-refractivity contribution in [1.29, 1.82) is 0 Å². The van der Waals surface area contributed by atoms with Crippen LogP contribution in [0.4, 0.5) is 5.69 Å². The summed E-state index contributed by atoms with van der Waals surface area (Å²) in [6.45, 7) is 2.91. The normalized spacial score (nSPS) is 10.6. The molecule has 70 valence electrons. The smallest absolute Gasteiger partial charge is 0.0682 e. The van der Waals surface area contributed by atoms with Crippen LogP contribution >= 0.6 is 0 Å². The van der Waals surface area contributed by atoms with Crippen LogP contribution in [0.2, 0.25) is 0 Å². The Hall–Kier alpha value is -1.28. The Morgan fingerprint density at radius 2 is 2.31 bits per heavy atom. The first-order chi connectivity index (χ1) is 6.36. The number of hydrogen-bond donors (Lipinski definition) is 2. The fraction of sp³-hybridized carbons (Fsp3) is 0.273. The van der Waals surface area contributed by atoms with Gasteiger partial charge in [0.25, 0.3) is 0 Å². The van der Waals surface area contributed by atoms with Gasteiger partial charge in [-0.05, 0) is 24.6 Å². The third-order valence-electron chi connectivity index (χ3n) is 1.77. The standard InChI is InChI=1S/C11H15NO/c1-2-3-7-12-11-6-4-5-10(8-11)9-13/h2-6,8,12-13H,7,9H2,1H3/b3-2+. The van der Waals surface area contributed by atoms with E-state index < -0.39 is 0 Å². The molecule has 0 aliphatic heterocycles. The molecule has 0 bridgehead atoms. The topological polar surface area (TPSA) is 32.3 Å². The molecule has 2 heteroatoms. The number of aliphatic hydroxyl groups is 1. The van der Waals surface area contributed by atoms with Crippen molar-refractivity contribution >= 4 is 5.69 Å². The Morgan fingerprint density at radius 3 is 3.00 bits per heavy atom. The van der Waals surface area contributed by atoms with Crippen molar-refractivity contribution in [3.8, 4) is 0 Å². The molecule has 0 atom stereocenters. The molecule has 2 nitrogen and oxygen atoms in total. The van der Waals surface area contributed by atoms with Crippen molar-refractivity contribution in [3.05, 3.63) is 42.0 Å². The van der Waals surface area contributed by atoms with Crippen LogP contribution in [0.1, 0.15) is 12.5 Å². The molecule has 0 aliphatic carbocycles. The van der Waals surface area contributed by atoms with E-state index in [2.05, 4.69) is 5.32 Å². The lowest BCUT2D eigenvalue weighted by Crippen LogP contribution is -1.98. The zero-order valence-corrected chi connectivity index (χ0v) is 7.83. The van der Waals surface area contributed by atoms with Crippen LogP contribution in [-0.4, -0.2) is 11.7 Å². The summed E-state index contributed by atoms with van der Waals surface area (Å²) in [4.78, 5) is 0. The molecule has 0 spiro atoms. The molecular formula is C11H15NO. The summed E-state index contributed by atoms with van der Waals surface area (Å²) in [6, 6.07) is 7.77. The van der Waals surface area contributed by atoms with Crippen molar-refractivity contribution in [1.82, 2.24) is 0 Å². The Bertz CT molecular complexity index is 281. The third kappa shape index (κ3) is 3.30. The maximum atomic E-state index is 8.89. The van der Waals surface area contributed by atoms with Gasteiger partial charge in [-0.3, -0.25) is 0 Å². The van der Waals surface area contributed by atoms with Gasteiger partial charge in [0, 0.05) is 12.2 Å². The molecule has 0 amide bonds. The molecule has 0 aliphatic rings. The minimum Gasteiger partial charge on any atom is -0.392 e. The fourth-order valence-corrected chi connectivity index (χ4v) is 1.07. The van der Waals surface area contributed by atoms with Crippen LogP contribution in [-0.2, 0) is 6.61 Å². The third-order valence-corrected chi connectivity index (χ3v) is 1.77. The van der Waals surface area contributed by atoms with Crippen molar-refractivity contribution in [2.24, 2.45) is 0 Å². The molecule has 0 saturated heterocycles. The first-order valence-corrected chi connectivity index (χ1v) is 4.41. The second-order valence-electron chi connectivity index (χ2n) is 2.81. The summed E-state index contributed by atoms with van der Waals surface area (Å²) in [5, 5.41) is 12.1. The van der Waals surface area contributed by atoms with Crippen LogP contribution in [0.25, 0.3) is 0 Å². The molecule has 1 rings (SSSR count). The Kier molecular flexibility index (Phi) is 4.06. The highest BCUT2D eigenvalue weighted by molar-refractivity contribution is 5.45. The van der Waals surface area contributed by atoms with Crippen molar-refractivity contribution in [3.63, 3.8) is 0 Å². The SMILES string of the molecule is C/C=C/CNc1cccc(CO)c1. The largest absolute Gasteiger partial charge is 0.392 e. The molecule has 13 heavy (non-hydrogen) atoms. The second-order valence-corrected chi connectivity index (χ2v) is 2.81. The van der Waals surface area contributed by atoms with Crippen LogP contribution < -0.4 is 5.32 Å². The number of allylic oxidation sites excluding steroid dienone is 1. The zero-order chi connectivity index (χ0) is 9.52. The van der Waals surface area contributed by atoms with Gasteiger partial charge in [-0.25, -0.2) is 0 Å². The highest BCUT2D eigenvalue weighted by Crippen LogP contribution is 2.09. The molecule has 0 unspecified atom stereocenters. The average molecular weight is 177 g/mol. The molecule has 1 aromatic carbocycles. The fourth-order valence-electron chi connectivity index (χ4n) is 1.07. The first-order valence-electron chi connectivity index (χ1n) is 4.41. The average Bonchev–Trinajstić information content (AvgIpc) is 2.19. The van der Waals surface area contributed by atoms with Crippen LogP contribution in [0, 0.1) is 0 Å². The molecule has 1 aromatic rings. The monoisotopic (exact) mass is 177 g/mol. The number of hydrogen-bond acceptors (Lipinski definition) is 2. The van der Waals surface area contributed by atoms with Gasteiger partial charge in [0.1, 0.15) is 0 Å². The summed E-state index contributed by atoms with van der Waals surface area (Å²) in [5.41, 5.74) is 1.98. The number of benzene rings is 1. The predicted octanol–water partition coefficient (Wildman–Crippen LogP) is 2.17. The number of anilines is 1. The Morgan fingerprint density at radius 1 is 1.46 bits per heavy atom. The van der Waals surface area contributed by atoms with Gasteiger partial charge in [-0.2, -0.15) is 0 Å². The minimum atomic E-state index is 0.0964. The first kappa shape index (κ1) is 9.81. The molecular weight excluding hydrogens is 162 g/mol. The van der Waals surface area contributed by atoms with Gasteiger partial charge in [0.2, 0.25) is 0 Å². The lowest BCUT2D eigenvalue weighted by atomic mass is 10.2. The Balaban J connectivity index is 2.56. The van der Waals surface area contributed by atoms with Gasteiger partial charge in [0.15, 0.2) is 0 Å². The van der Waals surface area contributed by atoms with E-state index in [9.17, 15) is 0 Å². The minimum absolute atomic E-state index is 0.0964. The van der Waals surface area contributed by atoms with Gasteiger partial charge in [0.05, 0.1) is 6.61 Å². The highest BCUT2D eigenvalue weighted by Gasteiger charge is 1.91. The van der Waals surface area contributed by atoms with E-state index in [1.54, 1.807) is 0 Å². The molecule has 0 heterocycles. The molecule has 2 N–H and O–H groups in total. The summed E-state index contributed by atoms with van der Waals surface area (Å²) in [5.74, 6) is 0. The maximum absolute atomic E-state index is 8.89. The maximum Gasteiger partial charge on any atom is 0.0682 e. The van der Waals surface area contributed by atoms with Gasteiger partial charge in [-0.1, -0.05) is 24.3 Å². The molecule has 0 radical (unpaired) electrons. The summed E-state index contributed by atoms with van der Waals surface area (Å²) < 4.78 is 0. The van der Waals surface area contributed by atoms with E-state index >= 15 is 0 Å². The van der Waals surface area contributed by atoms with E-state index in [4.69, 9.17) is 5.11 Å². The van der Waals surface area contributed by atoms with Crippen molar-refractivity contribution < 1.29 is 5.11 Å². The molecule has 0 saturated carbocycles. The van der Waals surface area contributed by atoms with Gasteiger partial charge >= 0.3 is 0 Å². The second kappa shape index (κ2) is 5.38. The van der Waals surface area contributed by atoms with Gasteiger partial charge < -0.3 is 10.4 Å². The van der Waals surface area contributed by atoms with Crippen LogP contribution in [0.5, 0.6) is 0 Å². The van der Waals surface area contributed by atoms with E-state index in [1.165, 1.54) is 0 Å². The van der Waals surface area contributed by atoms with E-state index in [0.717, 1.165) is 17.8 Å². The zero-order valence-electron chi connectivity index (χ0n) is 7.83. The van der Waals surface area contributed by atoms with E-state index in [1.807, 2.05) is 43.3 Å². The molecule has 0 aromatic heterocycles. The van der Waals surface area contributed by atoms with Crippen LogP contribution in [0.15, 0.2) is 36.4 Å². The Labute approximate surface area is 78.9 Å². The number of aliphatic hydroxyl groups excluding tert-OH is 1. The summed E-state index contributed by atoms with van der Waals surface area (Å²) in [7, 11) is 0. The number of rotatable bonds is 4. The van der Waals surface area contributed by atoms with Crippen LogP contribution in [0.3, 0.4) is 0 Å². The highest BCUT2D eigenvalue weighted by atomic mass is 16.3. The lowest BCUT2D eigenvalue weighted by Gasteiger charge is -2.04.